The maximum absolute atomic E-state index is 12.9. The monoisotopic (exact) mass is 308 g/mol. The van der Waals surface area contributed by atoms with Gasteiger partial charge in [0.15, 0.2) is 0 Å². The second-order valence-corrected chi connectivity index (χ2v) is 5.69. The number of likely N-dealkylation sites (tertiary alicyclic amines) is 1. The fourth-order valence-electron chi connectivity index (χ4n) is 2.56. The summed E-state index contributed by atoms with van der Waals surface area (Å²) in [4.78, 5) is 26.1. The maximum Gasteiger partial charge on any atom is 0.253 e. The van der Waals surface area contributed by atoms with Crippen LogP contribution in [0.25, 0.3) is 0 Å². The van der Waals surface area contributed by atoms with Crippen LogP contribution < -0.4 is 5.32 Å². The van der Waals surface area contributed by atoms with E-state index >= 15 is 0 Å². The number of nitrogens with one attached hydrogen (secondary N) is 1. The topological polar surface area (TPSA) is 69.6 Å². The minimum absolute atomic E-state index is 0.114. The molecule has 5 nitrogen and oxygen atoms in total. The summed E-state index contributed by atoms with van der Waals surface area (Å²) >= 11 is 0. The fraction of sp³-hybridized carbons (Fsp3) is 0.500. The van der Waals surface area contributed by atoms with Gasteiger partial charge in [0.05, 0.1) is 12.5 Å². The van der Waals surface area contributed by atoms with Crippen molar-refractivity contribution in [1.82, 2.24) is 10.2 Å². The smallest absolute Gasteiger partial charge is 0.253 e. The molecule has 0 radical (unpaired) electrons. The normalized spacial score (nSPS) is 19.6. The minimum atomic E-state index is -0.384. The Labute approximate surface area is 129 Å². The molecule has 1 saturated heterocycles. The summed E-state index contributed by atoms with van der Waals surface area (Å²) in [7, 11) is 0. The number of carbonyl (C=O) groups is 2. The zero-order chi connectivity index (χ0) is 16.1. The highest BCUT2D eigenvalue weighted by Gasteiger charge is 2.29. The molecule has 2 rings (SSSR count). The summed E-state index contributed by atoms with van der Waals surface area (Å²) in [5.74, 6) is -0.983. The summed E-state index contributed by atoms with van der Waals surface area (Å²) in [6.07, 6.45) is 1.47. The molecule has 0 saturated carbocycles. The van der Waals surface area contributed by atoms with Gasteiger partial charge in [0.2, 0.25) is 5.91 Å². The van der Waals surface area contributed by atoms with E-state index in [0.29, 0.717) is 18.7 Å². The molecule has 6 heteroatoms. The van der Waals surface area contributed by atoms with Gasteiger partial charge in [-0.25, -0.2) is 4.39 Å². The first-order valence-electron chi connectivity index (χ1n) is 7.47. The van der Waals surface area contributed by atoms with Crippen LogP contribution in [-0.2, 0) is 4.79 Å². The third-order valence-corrected chi connectivity index (χ3v) is 3.83. The van der Waals surface area contributed by atoms with E-state index in [9.17, 15) is 14.0 Å². The number of piperidine rings is 1. The number of aliphatic hydroxyl groups is 1. The van der Waals surface area contributed by atoms with Gasteiger partial charge in [-0.05, 0) is 44.0 Å². The molecule has 1 aliphatic heterocycles. The van der Waals surface area contributed by atoms with Crippen LogP contribution in [0, 0.1) is 11.7 Å². The standard InChI is InChI=1S/C16H21FN2O3/c1-11(10-20)18-15(21)13-3-2-8-19(9-13)16(22)12-4-6-14(17)7-5-12/h4-7,11,13,20H,2-3,8-10H2,1H3,(H,18,21). The second kappa shape index (κ2) is 7.35. The molecule has 1 aromatic rings. The molecule has 2 amide bonds. The third-order valence-electron chi connectivity index (χ3n) is 3.83. The maximum atomic E-state index is 12.9. The lowest BCUT2D eigenvalue weighted by Crippen LogP contribution is -2.47. The van der Waals surface area contributed by atoms with E-state index < -0.39 is 0 Å². The van der Waals surface area contributed by atoms with Crippen LogP contribution in [0.3, 0.4) is 0 Å². The lowest BCUT2D eigenvalue weighted by molar-refractivity contribution is -0.127. The summed E-state index contributed by atoms with van der Waals surface area (Å²) in [5.41, 5.74) is 0.422. The number of aliphatic hydroxyl groups excluding tert-OH is 1. The molecule has 1 fully saturated rings. The Morgan fingerprint density at radius 3 is 2.73 bits per heavy atom. The zero-order valence-electron chi connectivity index (χ0n) is 12.6. The molecule has 120 valence electrons. The molecule has 22 heavy (non-hydrogen) atoms. The summed E-state index contributed by atoms with van der Waals surface area (Å²) in [5, 5.41) is 11.7. The molecule has 0 aliphatic carbocycles. The lowest BCUT2D eigenvalue weighted by atomic mass is 9.96. The number of nitrogens with zero attached hydrogens (tertiary/aromatic N) is 1. The molecule has 0 spiro atoms. The van der Waals surface area contributed by atoms with Crippen LogP contribution in [-0.4, -0.2) is 47.6 Å². The van der Waals surface area contributed by atoms with Crippen molar-refractivity contribution in [3.8, 4) is 0 Å². The molecular formula is C16H21FN2O3. The summed E-state index contributed by atoms with van der Waals surface area (Å²) in [6.45, 7) is 2.55. The Balaban J connectivity index is 1.99. The van der Waals surface area contributed by atoms with Crippen molar-refractivity contribution in [2.45, 2.75) is 25.8 Å². The van der Waals surface area contributed by atoms with Crippen LogP contribution in [0.1, 0.15) is 30.1 Å². The average Bonchev–Trinajstić information content (AvgIpc) is 2.54. The molecule has 2 N–H and O–H groups in total. The Morgan fingerprint density at radius 1 is 1.41 bits per heavy atom. The number of benzene rings is 1. The van der Waals surface area contributed by atoms with Crippen molar-refractivity contribution in [3.05, 3.63) is 35.6 Å². The number of hydrogen-bond acceptors (Lipinski definition) is 3. The highest BCUT2D eigenvalue weighted by Crippen LogP contribution is 2.19. The second-order valence-electron chi connectivity index (χ2n) is 5.69. The molecule has 1 aromatic carbocycles. The molecule has 1 heterocycles. The highest BCUT2D eigenvalue weighted by atomic mass is 19.1. The van der Waals surface area contributed by atoms with Crippen LogP contribution in [0.15, 0.2) is 24.3 Å². The van der Waals surface area contributed by atoms with E-state index in [1.165, 1.54) is 24.3 Å². The van der Waals surface area contributed by atoms with E-state index in [1.807, 2.05) is 0 Å². The first-order valence-corrected chi connectivity index (χ1v) is 7.47. The largest absolute Gasteiger partial charge is 0.394 e. The van der Waals surface area contributed by atoms with Crippen LogP contribution in [0.4, 0.5) is 4.39 Å². The Hall–Kier alpha value is -1.95. The molecule has 2 unspecified atom stereocenters. The van der Waals surface area contributed by atoms with E-state index in [1.54, 1.807) is 11.8 Å². The van der Waals surface area contributed by atoms with Gasteiger partial charge in [-0.2, -0.15) is 0 Å². The van der Waals surface area contributed by atoms with Crippen molar-refractivity contribution >= 4 is 11.8 Å². The molecule has 2 atom stereocenters. The zero-order valence-corrected chi connectivity index (χ0v) is 12.6. The molecule has 0 aromatic heterocycles. The van der Waals surface area contributed by atoms with Gasteiger partial charge in [0.25, 0.3) is 5.91 Å². The first-order chi connectivity index (χ1) is 10.5. The van der Waals surface area contributed by atoms with E-state index in [-0.39, 0.29) is 36.2 Å². The van der Waals surface area contributed by atoms with Gasteiger partial charge in [-0.15, -0.1) is 0 Å². The van der Waals surface area contributed by atoms with E-state index in [2.05, 4.69) is 5.32 Å². The fourth-order valence-corrected chi connectivity index (χ4v) is 2.56. The van der Waals surface area contributed by atoms with E-state index in [4.69, 9.17) is 5.11 Å². The minimum Gasteiger partial charge on any atom is -0.394 e. The SMILES string of the molecule is CC(CO)NC(=O)C1CCCN(C(=O)c2ccc(F)cc2)C1. The molecule has 1 aliphatic rings. The number of carbonyl (C=O) groups excluding carboxylic acids is 2. The third kappa shape index (κ3) is 4.04. The van der Waals surface area contributed by atoms with Crippen LogP contribution in [0.2, 0.25) is 0 Å². The van der Waals surface area contributed by atoms with Crippen molar-refractivity contribution in [2.24, 2.45) is 5.92 Å². The van der Waals surface area contributed by atoms with Crippen molar-refractivity contribution in [3.63, 3.8) is 0 Å². The van der Waals surface area contributed by atoms with Gasteiger partial charge < -0.3 is 15.3 Å². The van der Waals surface area contributed by atoms with Crippen LogP contribution >= 0.6 is 0 Å². The van der Waals surface area contributed by atoms with Gasteiger partial charge in [-0.3, -0.25) is 9.59 Å². The Kier molecular flexibility index (Phi) is 5.49. The molecular weight excluding hydrogens is 287 g/mol. The summed E-state index contributed by atoms with van der Waals surface area (Å²) in [6, 6.07) is 5.12. The van der Waals surface area contributed by atoms with Gasteiger partial charge in [-0.1, -0.05) is 0 Å². The van der Waals surface area contributed by atoms with E-state index in [0.717, 1.165) is 12.8 Å². The quantitative estimate of drug-likeness (QED) is 0.877. The van der Waals surface area contributed by atoms with Gasteiger partial charge in [0.1, 0.15) is 5.82 Å². The summed E-state index contributed by atoms with van der Waals surface area (Å²) < 4.78 is 12.9. The Bertz CT molecular complexity index is 533. The van der Waals surface area contributed by atoms with Crippen LogP contribution in [0.5, 0.6) is 0 Å². The van der Waals surface area contributed by atoms with Gasteiger partial charge in [0, 0.05) is 24.7 Å². The van der Waals surface area contributed by atoms with Gasteiger partial charge >= 0.3 is 0 Å². The number of rotatable bonds is 4. The highest BCUT2D eigenvalue weighted by molar-refractivity contribution is 5.94. The first kappa shape index (κ1) is 16.4. The molecule has 0 bridgehead atoms. The predicted molar refractivity (Wildman–Crippen MR) is 79.7 cm³/mol. The number of halogens is 1. The van der Waals surface area contributed by atoms with Crippen molar-refractivity contribution in [2.75, 3.05) is 19.7 Å². The lowest BCUT2D eigenvalue weighted by Gasteiger charge is -2.32. The number of hydrogen-bond donors (Lipinski definition) is 2. The predicted octanol–water partition coefficient (Wildman–Crippen LogP) is 1.17. The van der Waals surface area contributed by atoms with Crippen molar-refractivity contribution in [1.29, 1.82) is 0 Å². The Morgan fingerprint density at radius 2 is 2.09 bits per heavy atom. The average molecular weight is 308 g/mol. The van der Waals surface area contributed by atoms with Crippen molar-refractivity contribution < 1.29 is 19.1 Å². The number of amides is 2.